The molecular formula is C7H6NO2+. The Morgan fingerprint density at radius 3 is 2.20 bits per heavy atom. The average molecular weight is 136 g/mol. The van der Waals surface area contributed by atoms with Crippen LogP contribution in [0, 0.1) is 11.8 Å². The van der Waals surface area contributed by atoms with Crippen molar-refractivity contribution in [2.24, 2.45) is 0 Å². The number of hydrogen-bond acceptors (Lipinski definition) is 2. The lowest BCUT2D eigenvalue weighted by molar-refractivity contribution is -0.725. The van der Waals surface area contributed by atoms with E-state index in [-0.39, 0.29) is 10.6 Å². The van der Waals surface area contributed by atoms with Crippen LogP contribution in [-0.2, 0) is 0 Å². The first kappa shape index (κ1) is 6.52. The van der Waals surface area contributed by atoms with Gasteiger partial charge in [-0.1, -0.05) is 0 Å². The fraction of sp³-hybridized carbons (Fsp3) is 0. The van der Waals surface area contributed by atoms with Crippen molar-refractivity contribution in [3.8, 4) is 0 Å². The third-order valence-electron chi connectivity index (χ3n) is 1.11. The summed E-state index contributed by atoms with van der Waals surface area (Å²) in [4.78, 5) is -0.209. The number of hydrogen-bond donors (Lipinski definition) is 1. The first-order valence-electron chi connectivity index (χ1n) is 2.72. The molecule has 1 aliphatic rings. The van der Waals surface area contributed by atoms with Gasteiger partial charge in [0.15, 0.2) is 5.57 Å². The standard InChI is InChI=1S/C7H6NO2/c1-6-2-4-7(5-3-6)8(9)10/h1-5H,(H,9,10)/q+1. The molecule has 3 nitrogen and oxygen atoms in total. The third-order valence-corrected chi connectivity index (χ3v) is 1.11. The Morgan fingerprint density at radius 1 is 1.30 bits per heavy atom. The zero-order valence-corrected chi connectivity index (χ0v) is 5.19. The normalized spacial score (nSPS) is 15.9. The van der Waals surface area contributed by atoms with Crippen LogP contribution in [0.2, 0.25) is 0 Å². The molecule has 0 heterocycles. The van der Waals surface area contributed by atoms with E-state index in [1.54, 1.807) is 0 Å². The highest BCUT2D eigenvalue weighted by molar-refractivity contribution is 6.02. The van der Waals surface area contributed by atoms with Gasteiger partial charge in [0.25, 0.3) is 5.71 Å². The van der Waals surface area contributed by atoms with Crippen LogP contribution in [0.5, 0.6) is 0 Å². The van der Waals surface area contributed by atoms with Crippen molar-refractivity contribution < 1.29 is 10.1 Å². The first-order valence-corrected chi connectivity index (χ1v) is 2.72. The summed E-state index contributed by atoms with van der Waals surface area (Å²) in [5.74, 6) is 0. The van der Waals surface area contributed by atoms with E-state index >= 15 is 0 Å². The zero-order valence-electron chi connectivity index (χ0n) is 5.19. The Balaban J connectivity index is 2.91. The van der Waals surface area contributed by atoms with E-state index in [1.807, 2.05) is 0 Å². The van der Waals surface area contributed by atoms with Crippen LogP contribution in [0.1, 0.15) is 0 Å². The van der Waals surface area contributed by atoms with Gasteiger partial charge in [-0.3, -0.25) is 5.21 Å². The molecule has 0 aromatic carbocycles. The van der Waals surface area contributed by atoms with Crippen LogP contribution in [-0.4, -0.2) is 15.8 Å². The molecule has 0 saturated carbocycles. The summed E-state index contributed by atoms with van der Waals surface area (Å²) < 4.78 is 0. The third kappa shape index (κ3) is 1.21. The van der Waals surface area contributed by atoms with Gasteiger partial charge in [-0.2, -0.15) is 0 Å². The van der Waals surface area contributed by atoms with Crippen LogP contribution < -0.4 is 0 Å². The molecule has 0 bridgehead atoms. The topological polar surface area (TPSA) is 46.3 Å². The van der Waals surface area contributed by atoms with Crippen molar-refractivity contribution in [1.82, 2.24) is 0 Å². The molecule has 1 N–H and O–H groups in total. The van der Waals surface area contributed by atoms with E-state index in [1.165, 1.54) is 24.3 Å². The maximum Gasteiger partial charge on any atom is 0.294 e. The number of rotatable bonds is 0. The summed E-state index contributed by atoms with van der Waals surface area (Å²) in [5.41, 5.74) is 0.736. The molecule has 0 unspecified atom stereocenters. The van der Waals surface area contributed by atoms with Gasteiger partial charge >= 0.3 is 0 Å². The van der Waals surface area contributed by atoms with Gasteiger partial charge in [-0.05, 0) is 0 Å². The largest absolute Gasteiger partial charge is 0.417 e. The maximum atomic E-state index is 10.2. The molecule has 3 heteroatoms. The van der Waals surface area contributed by atoms with E-state index in [0.29, 0.717) is 5.57 Å². The molecule has 0 amide bonds. The summed E-state index contributed by atoms with van der Waals surface area (Å²) >= 11 is 0. The molecule has 0 atom stereocenters. The Hall–Kier alpha value is -1.60. The van der Waals surface area contributed by atoms with Crippen molar-refractivity contribution in [3.05, 3.63) is 41.7 Å². The highest BCUT2D eigenvalue weighted by Crippen LogP contribution is 2.02. The van der Waals surface area contributed by atoms with Crippen LogP contribution in [0.3, 0.4) is 0 Å². The summed E-state index contributed by atoms with van der Waals surface area (Å²) in [5, 5.41) is 18.5. The van der Waals surface area contributed by atoms with E-state index in [2.05, 4.69) is 0 Å². The van der Waals surface area contributed by atoms with Crippen LogP contribution >= 0.6 is 0 Å². The SMILES string of the molecule is [CH+]=C1C=CC(=[N+]([O-])O)C=C1. The van der Waals surface area contributed by atoms with E-state index < -0.39 is 0 Å². The Bertz CT molecular complexity index is 226. The lowest BCUT2D eigenvalue weighted by atomic mass is 10.1. The summed E-state index contributed by atoms with van der Waals surface area (Å²) in [6.07, 6.45) is 5.94. The van der Waals surface area contributed by atoms with Crippen molar-refractivity contribution in [2.45, 2.75) is 0 Å². The van der Waals surface area contributed by atoms with Crippen molar-refractivity contribution in [1.29, 1.82) is 0 Å². The van der Waals surface area contributed by atoms with Crippen LogP contribution in [0.4, 0.5) is 0 Å². The summed E-state index contributed by atoms with van der Waals surface area (Å²) in [6, 6.07) is 0. The minimum Gasteiger partial charge on any atom is -0.417 e. The molecule has 0 aliphatic heterocycles. The lowest BCUT2D eigenvalue weighted by Crippen LogP contribution is -2.08. The van der Waals surface area contributed by atoms with Gasteiger partial charge in [0.05, 0.1) is 24.3 Å². The predicted octanol–water partition coefficient (Wildman–Crippen LogP) is 0.812. The fourth-order valence-corrected chi connectivity index (χ4v) is 0.602. The smallest absolute Gasteiger partial charge is 0.294 e. The monoisotopic (exact) mass is 136 g/mol. The van der Waals surface area contributed by atoms with Crippen molar-refractivity contribution in [3.63, 3.8) is 0 Å². The lowest BCUT2D eigenvalue weighted by Gasteiger charge is -1.90. The predicted molar refractivity (Wildman–Crippen MR) is 36.5 cm³/mol. The second kappa shape index (κ2) is 2.33. The highest BCUT2D eigenvalue weighted by Gasteiger charge is 2.10. The molecule has 0 spiro atoms. The molecule has 1 aliphatic carbocycles. The second-order valence-corrected chi connectivity index (χ2v) is 1.86. The highest BCUT2D eigenvalue weighted by atomic mass is 16.8. The molecule has 0 radical (unpaired) electrons. The van der Waals surface area contributed by atoms with Crippen LogP contribution in [0.15, 0.2) is 29.9 Å². The quantitative estimate of drug-likeness (QED) is 0.232. The van der Waals surface area contributed by atoms with Gasteiger partial charge in [0, 0.05) is 11.5 Å². The summed E-state index contributed by atoms with van der Waals surface area (Å²) in [7, 11) is 0. The molecule has 10 heavy (non-hydrogen) atoms. The average Bonchev–Trinajstić information content (AvgIpc) is 1.88. The molecule has 0 saturated heterocycles. The number of nitrogens with zero attached hydrogens (tertiary/aromatic N) is 1. The van der Waals surface area contributed by atoms with Crippen molar-refractivity contribution >= 4 is 5.71 Å². The van der Waals surface area contributed by atoms with Gasteiger partial charge in [0.1, 0.15) is 0 Å². The van der Waals surface area contributed by atoms with E-state index in [0.717, 1.165) is 0 Å². The molecule has 1 rings (SSSR count). The van der Waals surface area contributed by atoms with Gasteiger partial charge in [-0.25, -0.2) is 0 Å². The Morgan fingerprint density at radius 2 is 1.80 bits per heavy atom. The van der Waals surface area contributed by atoms with Crippen molar-refractivity contribution in [2.75, 3.05) is 0 Å². The molecular weight excluding hydrogens is 130 g/mol. The minimum atomic E-state index is -0.209. The maximum absolute atomic E-state index is 10.2. The van der Waals surface area contributed by atoms with Gasteiger partial charge < -0.3 is 5.21 Å². The first-order chi connectivity index (χ1) is 4.70. The second-order valence-electron chi connectivity index (χ2n) is 1.86. The minimum absolute atomic E-state index is 0.175. The van der Waals surface area contributed by atoms with Gasteiger partial charge in [0.2, 0.25) is 0 Å². The number of allylic oxidation sites excluding steroid dienone is 5. The molecule has 50 valence electrons. The Kier molecular flexibility index (Phi) is 1.52. The molecule has 0 aromatic heterocycles. The van der Waals surface area contributed by atoms with Gasteiger partial charge in [-0.15, -0.1) is 0 Å². The zero-order chi connectivity index (χ0) is 7.56. The molecule has 0 aromatic rings. The van der Waals surface area contributed by atoms with Crippen LogP contribution in [0.25, 0.3) is 0 Å². The Labute approximate surface area is 58.5 Å². The summed E-state index contributed by atoms with van der Waals surface area (Å²) in [6.45, 7) is 5.32. The fourth-order valence-electron chi connectivity index (χ4n) is 0.602. The van der Waals surface area contributed by atoms with E-state index in [4.69, 9.17) is 11.8 Å². The molecule has 0 fully saturated rings. The van der Waals surface area contributed by atoms with E-state index in [9.17, 15) is 5.21 Å².